The van der Waals surface area contributed by atoms with Crippen LogP contribution in [0, 0.1) is 0 Å². The number of anilines is 2. The summed E-state index contributed by atoms with van der Waals surface area (Å²) in [6, 6.07) is 19.2. The molecule has 6 nitrogen and oxygen atoms in total. The van der Waals surface area contributed by atoms with E-state index in [-0.39, 0.29) is 11.7 Å². The number of nitrogens with zero attached hydrogens (tertiary/aromatic N) is 4. The zero-order valence-electron chi connectivity index (χ0n) is 17.4. The molecule has 4 aromatic rings. The second kappa shape index (κ2) is 8.51. The van der Waals surface area contributed by atoms with Gasteiger partial charge in [-0.15, -0.1) is 0 Å². The Morgan fingerprint density at radius 1 is 0.844 bits per heavy atom. The van der Waals surface area contributed by atoms with Crippen molar-refractivity contribution in [2.45, 2.75) is 17.2 Å². The molecule has 1 aliphatic heterocycles. The van der Waals surface area contributed by atoms with Gasteiger partial charge < -0.3 is 4.90 Å². The van der Waals surface area contributed by atoms with Crippen LogP contribution < -0.4 is 4.90 Å². The first-order chi connectivity index (χ1) is 15.6. The molecule has 0 unspecified atom stereocenters. The molecule has 160 valence electrons. The maximum absolute atomic E-state index is 12.6. The highest BCUT2D eigenvalue weighted by Gasteiger charge is 2.30. The van der Waals surface area contributed by atoms with Crippen molar-refractivity contribution in [3.8, 4) is 0 Å². The van der Waals surface area contributed by atoms with Crippen LogP contribution in [0.15, 0.2) is 96.5 Å². The van der Waals surface area contributed by atoms with Crippen LogP contribution in [-0.4, -0.2) is 35.7 Å². The van der Waals surface area contributed by atoms with Crippen LogP contribution in [0.2, 0.25) is 0 Å². The van der Waals surface area contributed by atoms with Crippen molar-refractivity contribution in [1.29, 1.82) is 0 Å². The van der Waals surface area contributed by atoms with E-state index in [2.05, 4.69) is 33.2 Å². The Morgan fingerprint density at radius 2 is 1.53 bits per heavy atom. The summed E-state index contributed by atoms with van der Waals surface area (Å²) in [5, 5.41) is 0. The van der Waals surface area contributed by atoms with Crippen LogP contribution in [0.25, 0.3) is 0 Å². The average Bonchev–Trinajstić information content (AvgIpc) is 2.84. The molecule has 0 saturated heterocycles. The minimum absolute atomic E-state index is 0.0455. The Morgan fingerprint density at radius 3 is 2.22 bits per heavy atom. The summed E-state index contributed by atoms with van der Waals surface area (Å²) in [6.07, 6.45) is 9.75. The van der Waals surface area contributed by atoms with E-state index in [0.717, 1.165) is 22.5 Å². The molecule has 0 amide bonds. The third kappa shape index (κ3) is 3.87. The molecule has 0 aliphatic carbocycles. The van der Waals surface area contributed by atoms with Crippen LogP contribution in [-0.2, 0) is 16.3 Å². The molecule has 5 rings (SSSR count). The molecule has 0 spiro atoms. The van der Waals surface area contributed by atoms with Crippen molar-refractivity contribution in [3.05, 3.63) is 108 Å². The molecule has 0 radical (unpaired) electrons. The third-order valence-electron chi connectivity index (χ3n) is 5.80. The monoisotopic (exact) mass is 442 g/mol. The molecule has 3 aromatic heterocycles. The summed E-state index contributed by atoms with van der Waals surface area (Å²) in [5.41, 5.74) is 3.91. The van der Waals surface area contributed by atoms with E-state index in [1.54, 1.807) is 30.7 Å². The van der Waals surface area contributed by atoms with Crippen LogP contribution in [0.4, 0.5) is 11.5 Å². The van der Waals surface area contributed by atoms with Gasteiger partial charge in [-0.3, -0.25) is 9.97 Å². The van der Waals surface area contributed by atoms with Crippen molar-refractivity contribution >= 4 is 21.3 Å². The summed E-state index contributed by atoms with van der Waals surface area (Å²) >= 11 is 0. The van der Waals surface area contributed by atoms with E-state index in [0.29, 0.717) is 23.5 Å². The van der Waals surface area contributed by atoms with E-state index < -0.39 is 9.84 Å². The fourth-order valence-corrected chi connectivity index (χ4v) is 5.68. The molecule has 1 aromatic carbocycles. The molecule has 0 saturated carbocycles. The predicted octanol–water partition coefficient (Wildman–Crippen LogP) is 4.17. The number of hydrogen-bond acceptors (Lipinski definition) is 6. The molecule has 0 atom stereocenters. The van der Waals surface area contributed by atoms with E-state index in [1.165, 1.54) is 0 Å². The molecule has 7 heteroatoms. The van der Waals surface area contributed by atoms with E-state index >= 15 is 0 Å². The Bertz CT molecular complexity index is 1290. The van der Waals surface area contributed by atoms with Gasteiger partial charge in [0.2, 0.25) is 0 Å². The van der Waals surface area contributed by atoms with Crippen LogP contribution >= 0.6 is 0 Å². The van der Waals surface area contributed by atoms with Gasteiger partial charge in [0.25, 0.3) is 0 Å². The highest BCUT2D eigenvalue weighted by Crippen LogP contribution is 2.38. The van der Waals surface area contributed by atoms with Crippen molar-refractivity contribution in [2.75, 3.05) is 17.2 Å². The van der Waals surface area contributed by atoms with Gasteiger partial charge in [0.15, 0.2) is 9.84 Å². The number of benzene rings is 1. The lowest BCUT2D eigenvalue weighted by Gasteiger charge is -2.32. The number of rotatable bonds is 5. The normalized spacial score (nSPS) is 14.8. The molecular formula is C25H22N4O2S. The number of para-hydroxylation sites is 1. The highest BCUT2D eigenvalue weighted by molar-refractivity contribution is 7.91. The topological polar surface area (TPSA) is 76.1 Å². The minimum atomic E-state index is -3.29. The van der Waals surface area contributed by atoms with E-state index in [1.807, 2.05) is 47.6 Å². The van der Waals surface area contributed by atoms with Crippen molar-refractivity contribution in [1.82, 2.24) is 15.0 Å². The van der Waals surface area contributed by atoms with Crippen molar-refractivity contribution in [3.63, 3.8) is 0 Å². The van der Waals surface area contributed by atoms with Crippen LogP contribution in [0.5, 0.6) is 0 Å². The molecule has 0 N–H and O–H groups in total. The molecule has 32 heavy (non-hydrogen) atoms. The molecule has 0 fully saturated rings. The molecule has 0 bridgehead atoms. The van der Waals surface area contributed by atoms with Crippen LogP contribution in [0.3, 0.4) is 0 Å². The highest BCUT2D eigenvalue weighted by atomic mass is 32.2. The fraction of sp³-hybridized carbons (Fsp3) is 0.160. The van der Waals surface area contributed by atoms with Gasteiger partial charge in [0.1, 0.15) is 5.82 Å². The van der Waals surface area contributed by atoms with Gasteiger partial charge in [-0.25, -0.2) is 13.4 Å². The average molecular weight is 443 g/mol. The van der Waals surface area contributed by atoms with E-state index in [4.69, 9.17) is 0 Å². The first kappa shape index (κ1) is 20.3. The third-order valence-corrected chi connectivity index (χ3v) is 7.53. The molecular weight excluding hydrogens is 420 g/mol. The lowest BCUT2D eigenvalue weighted by Crippen LogP contribution is -2.33. The standard InChI is InChI=1S/C25H22N4O2S/c30-32(31)15-14-29(23-9-1-2-10-24(23)32)25-19(6-5-13-28-25)16-22(20-7-3-11-26-17-20)21-8-4-12-27-18-21/h1-13,17-18,22H,14-16H2. The smallest absolute Gasteiger partial charge is 0.182 e. The Kier molecular flexibility index (Phi) is 5.41. The van der Waals surface area contributed by atoms with Crippen LogP contribution in [0.1, 0.15) is 22.6 Å². The second-order valence-electron chi connectivity index (χ2n) is 7.75. The lowest BCUT2D eigenvalue weighted by molar-refractivity contribution is 0.592. The molecule has 4 heterocycles. The largest absolute Gasteiger partial charge is 0.324 e. The summed E-state index contributed by atoms with van der Waals surface area (Å²) in [6.45, 7) is 0.369. The summed E-state index contributed by atoms with van der Waals surface area (Å²) < 4.78 is 25.2. The lowest BCUT2D eigenvalue weighted by atomic mass is 9.87. The first-order valence-corrected chi connectivity index (χ1v) is 12.1. The number of aromatic nitrogens is 3. The van der Waals surface area contributed by atoms with Gasteiger partial charge in [-0.1, -0.05) is 30.3 Å². The first-order valence-electron chi connectivity index (χ1n) is 10.5. The Balaban J connectivity index is 1.58. The number of sulfone groups is 1. The maximum atomic E-state index is 12.6. The zero-order chi connectivity index (χ0) is 22.0. The van der Waals surface area contributed by atoms with Gasteiger partial charge in [-0.2, -0.15) is 0 Å². The van der Waals surface area contributed by atoms with Gasteiger partial charge in [0, 0.05) is 43.4 Å². The maximum Gasteiger partial charge on any atom is 0.182 e. The van der Waals surface area contributed by atoms with Gasteiger partial charge in [-0.05, 0) is 53.4 Å². The van der Waals surface area contributed by atoms with E-state index in [9.17, 15) is 8.42 Å². The summed E-state index contributed by atoms with van der Waals surface area (Å²) in [4.78, 5) is 15.7. The van der Waals surface area contributed by atoms with Crippen molar-refractivity contribution < 1.29 is 8.42 Å². The summed E-state index contributed by atoms with van der Waals surface area (Å²) in [7, 11) is -3.29. The SMILES string of the molecule is O=S1(=O)CCN(c2ncccc2CC(c2cccnc2)c2cccnc2)c2ccccc21. The predicted molar refractivity (Wildman–Crippen MR) is 124 cm³/mol. The number of pyridine rings is 3. The number of hydrogen-bond donors (Lipinski definition) is 0. The molecule has 1 aliphatic rings. The quantitative estimate of drug-likeness (QED) is 0.462. The Hall–Kier alpha value is -3.58. The van der Waals surface area contributed by atoms with Gasteiger partial charge in [0.05, 0.1) is 16.3 Å². The van der Waals surface area contributed by atoms with Gasteiger partial charge >= 0.3 is 0 Å². The Labute approximate surface area is 187 Å². The zero-order valence-corrected chi connectivity index (χ0v) is 18.2. The fourth-order valence-electron chi connectivity index (χ4n) is 4.25. The van der Waals surface area contributed by atoms with Crippen molar-refractivity contribution in [2.24, 2.45) is 0 Å². The minimum Gasteiger partial charge on any atom is -0.324 e. The second-order valence-corrected chi connectivity index (χ2v) is 9.83. The number of fused-ring (bicyclic) bond motifs is 1. The summed E-state index contributed by atoms with van der Waals surface area (Å²) in [5.74, 6) is 0.894.